The third kappa shape index (κ3) is 5.76. The van der Waals surface area contributed by atoms with E-state index in [0.717, 1.165) is 18.3 Å². The van der Waals surface area contributed by atoms with Crippen LogP contribution in [0.3, 0.4) is 0 Å². The maximum atomic E-state index is 12.1. The number of ether oxygens (including phenoxy) is 1. The molecule has 6 nitrogen and oxygen atoms in total. The monoisotopic (exact) mass is 332 g/mol. The third-order valence-corrected chi connectivity index (χ3v) is 4.06. The van der Waals surface area contributed by atoms with Crippen LogP contribution in [0.4, 0.5) is 0 Å². The zero-order valence-corrected chi connectivity index (χ0v) is 14.6. The minimum absolute atomic E-state index is 0.0957. The van der Waals surface area contributed by atoms with Crippen LogP contribution in [0.15, 0.2) is 29.3 Å². The van der Waals surface area contributed by atoms with E-state index in [4.69, 9.17) is 4.74 Å². The van der Waals surface area contributed by atoms with E-state index in [9.17, 15) is 4.79 Å². The maximum Gasteiger partial charge on any atom is 0.251 e. The first-order valence-electron chi connectivity index (χ1n) is 8.70. The average molecular weight is 332 g/mol. The van der Waals surface area contributed by atoms with Gasteiger partial charge in [-0.05, 0) is 44.0 Å². The Hall–Kier alpha value is -2.24. The standard InChI is InChI=1S/C18H28N4O2/c1-3-19-18(22-15-6-4-5-7-15)21-13-12-20-17(23)14-8-10-16(24-2)11-9-14/h8-11,15H,3-7,12-13H2,1-2H3,(H,20,23)(H2,19,21,22). The minimum Gasteiger partial charge on any atom is -0.497 e. The molecule has 6 heteroatoms. The first kappa shape index (κ1) is 18.1. The van der Waals surface area contributed by atoms with Crippen molar-refractivity contribution >= 4 is 11.9 Å². The molecule has 1 aliphatic carbocycles. The quantitative estimate of drug-likeness (QED) is 0.405. The summed E-state index contributed by atoms with van der Waals surface area (Å²) in [4.78, 5) is 16.6. The molecule has 132 valence electrons. The summed E-state index contributed by atoms with van der Waals surface area (Å²) in [6, 6.07) is 7.59. The third-order valence-electron chi connectivity index (χ3n) is 4.06. The zero-order valence-electron chi connectivity index (χ0n) is 14.6. The van der Waals surface area contributed by atoms with Gasteiger partial charge in [-0.3, -0.25) is 9.79 Å². The van der Waals surface area contributed by atoms with E-state index >= 15 is 0 Å². The van der Waals surface area contributed by atoms with Gasteiger partial charge in [0.05, 0.1) is 13.7 Å². The van der Waals surface area contributed by atoms with Crippen molar-refractivity contribution in [3.8, 4) is 5.75 Å². The number of methoxy groups -OCH3 is 1. The topological polar surface area (TPSA) is 74.8 Å². The molecule has 0 unspecified atom stereocenters. The first-order valence-corrected chi connectivity index (χ1v) is 8.70. The van der Waals surface area contributed by atoms with Gasteiger partial charge in [0.1, 0.15) is 5.75 Å². The molecular formula is C18H28N4O2. The van der Waals surface area contributed by atoms with Gasteiger partial charge in [-0.25, -0.2) is 0 Å². The van der Waals surface area contributed by atoms with Crippen molar-refractivity contribution < 1.29 is 9.53 Å². The summed E-state index contributed by atoms with van der Waals surface area (Å²) in [6.07, 6.45) is 4.99. The molecule has 0 bridgehead atoms. The summed E-state index contributed by atoms with van der Waals surface area (Å²) in [5.41, 5.74) is 0.621. The summed E-state index contributed by atoms with van der Waals surface area (Å²) in [6.45, 7) is 3.93. The fraction of sp³-hybridized carbons (Fsp3) is 0.556. The van der Waals surface area contributed by atoms with E-state index in [1.165, 1.54) is 25.7 Å². The Morgan fingerprint density at radius 2 is 1.92 bits per heavy atom. The summed E-state index contributed by atoms with van der Waals surface area (Å²) in [7, 11) is 1.61. The number of hydrogen-bond acceptors (Lipinski definition) is 3. The number of hydrogen-bond donors (Lipinski definition) is 3. The van der Waals surface area contributed by atoms with Crippen molar-refractivity contribution in [2.24, 2.45) is 4.99 Å². The van der Waals surface area contributed by atoms with Crippen LogP contribution >= 0.6 is 0 Å². The smallest absolute Gasteiger partial charge is 0.251 e. The number of rotatable bonds is 7. The van der Waals surface area contributed by atoms with E-state index < -0.39 is 0 Å². The number of benzene rings is 1. The van der Waals surface area contributed by atoms with Gasteiger partial charge in [0.25, 0.3) is 5.91 Å². The van der Waals surface area contributed by atoms with Gasteiger partial charge >= 0.3 is 0 Å². The number of amides is 1. The first-order chi connectivity index (χ1) is 11.7. The molecule has 3 N–H and O–H groups in total. The Morgan fingerprint density at radius 3 is 2.54 bits per heavy atom. The van der Waals surface area contributed by atoms with Crippen LogP contribution in [0.1, 0.15) is 43.0 Å². The highest BCUT2D eigenvalue weighted by Gasteiger charge is 2.15. The van der Waals surface area contributed by atoms with E-state index in [2.05, 4.69) is 27.9 Å². The molecule has 0 saturated heterocycles. The van der Waals surface area contributed by atoms with Crippen molar-refractivity contribution in [1.82, 2.24) is 16.0 Å². The summed E-state index contributed by atoms with van der Waals surface area (Å²) < 4.78 is 5.09. The molecular weight excluding hydrogens is 304 g/mol. The molecule has 0 spiro atoms. The Balaban J connectivity index is 1.76. The van der Waals surface area contributed by atoms with E-state index in [1.54, 1.807) is 31.4 Å². The highest BCUT2D eigenvalue weighted by atomic mass is 16.5. The number of guanidine groups is 1. The molecule has 0 aliphatic heterocycles. The average Bonchev–Trinajstić information content (AvgIpc) is 3.11. The zero-order chi connectivity index (χ0) is 17.2. The molecule has 1 amide bonds. The number of carbonyl (C=O) groups excluding carboxylic acids is 1. The van der Waals surface area contributed by atoms with Crippen molar-refractivity contribution in [1.29, 1.82) is 0 Å². The van der Waals surface area contributed by atoms with E-state index in [-0.39, 0.29) is 5.91 Å². The molecule has 0 atom stereocenters. The second-order valence-corrected chi connectivity index (χ2v) is 5.87. The second-order valence-electron chi connectivity index (χ2n) is 5.87. The number of nitrogens with one attached hydrogen (secondary N) is 3. The number of nitrogens with zero attached hydrogens (tertiary/aromatic N) is 1. The largest absolute Gasteiger partial charge is 0.497 e. The minimum atomic E-state index is -0.0957. The molecule has 1 aliphatic rings. The van der Waals surface area contributed by atoms with Gasteiger partial charge in [0, 0.05) is 24.7 Å². The Kier molecular flexibility index (Phi) is 7.39. The molecule has 24 heavy (non-hydrogen) atoms. The lowest BCUT2D eigenvalue weighted by Gasteiger charge is -2.16. The molecule has 0 aromatic heterocycles. The molecule has 2 rings (SSSR count). The predicted molar refractivity (Wildman–Crippen MR) is 96.7 cm³/mol. The van der Waals surface area contributed by atoms with Gasteiger partial charge in [-0.2, -0.15) is 0 Å². The van der Waals surface area contributed by atoms with Crippen molar-refractivity contribution in [3.63, 3.8) is 0 Å². The van der Waals surface area contributed by atoms with E-state index in [0.29, 0.717) is 24.7 Å². The fourth-order valence-electron chi connectivity index (χ4n) is 2.77. The Morgan fingerprint density at radius 1 is 1.21 bits per heavy atom. The molecule has 0 radical (unpaired) electrons. The summed E-state index contributed by atoms with van der Waals surface area (Å²) in [5.74, 6) is 1.48. The SMILES string of the molecule is CCNC(=NCCNC(=O)c1ccc(OC)cc1)NC1CCCC1. The Bertz CT molecular complexity index is 536. The maximum absolute atomic E-state index is 12.1. The van der Waals surface area contributed by atoms with Crippen LogP contribution < -0.4 is 20.7 Å². The van der Waals surface area contributed by atoms with Gasteiger partial charge in [-0.1, -0.05) is 12.8 Å². The molecule has 1 saturated carbocycles. The lowest BCUT2D eigenvalue weighted by Crippen LogP contribution is -2.42. The normalized spacial score (nSPS) is 15.2. The molecule has 1 aromatic rings. The van der Waals surface area contributed by atoms with Gasteiger partial charge in [-0.15, -0.1) is 0 Å². The summed E-state index contributed by atoms with van der Waals surface area (Å²) >= 11 is 0. The van der Waals surface area contributed by atoms with Crippen LogP contribution in [-0.2, 0) is 0 Å². The lowest BCUT2D eigenvalue weighted by molar-refractivity contribution is 0.0955. The predicted octanol–water partition coefficient (Wildman–Crippen LogP) is 1.92. The van der Waals surface area contributed by atoms with Crippen molar-refractivity contribution in [3.05, 3.63) is 29.8 Å². The van der Waals surface area contributed by atoms with Crippen molar-refractivity contribution in [2.45, 2.75) is 38.6 Å². The van der Waals surface area contributed by atoms with Crippen LogP contribution in [0.2, 0.25) is 0 Å². The number of carbonyl (C=O) groups is 1. The summed E-state index contributed by atoms with van der Waals surface area (Å²) in [5, 5.41) is 9.60. The number of aliphatic imine (C=N–C) groups is 1. The second kappa shape index (κ2) is 9.80. The molecule has 0 heterocycles. The van der Waals surface area contributed by atoms with Gasteiger partial charge < -0.3 is 20.7 Å². The Labute approximate surface area is 144 Å². The van der Waals surface area contributed by atoms with Crippen molar-refractivity contribution in [2.75, 3.05) is 26.7 Å². The van der Waals surface area contributed by atoms with E-state index in [1.807, 2.05) is 0 Å². The van der Waals surface area contributed by atoms with Crippen LogP contribution in [0, 0.1) is 0 Å². The highest BCUT2D eigenvalue weighted by Crippen LogP contribution is 2.17. The molecule has 1 aromatic carbocycles. The lowest BCUT2D eigenvalue weighted by atomic mass is 10.2. The van der Waals surface area contributed by atoms with Crippen LogP contribution in [0.5, 0.6) is 5.75 Å². The molecule has 1 fully saturated rings. The van der Waals surface area contributed by atoms with Gasteiger partial charge in [0.2, 0.25) is 0 Å². The van der Waals surface area contributed by atoms with Crippen LogP contribution in [-0.4, -0.2) is 44.7 Å². The fourth-order valence-corrected chi connectivity index (χ4v) is 2.77. The van der Waals surface area contributed by atoms with Gasteiger partial charge in [0.15, 0.2) is 5.96 Å². The highest BCUT2D eigenvalue weighted by molar-refractivity contribution is 5.94. The van der Waals surface area contributed by atoms with Crippen LogP contribution in [0.25, 0.3) is 0 Å².